The molecule has 0 radical (unpaired) electrons. The molecule has 0 spiro atoms. The van der Waals surface area contributed by atoms with Crippen LogP contribution in [0.15, 0.2) is 50.8 Å². The Hall–Kier alpha value is -2.98. The smallest absolute Gasteiger partial charge is 0.236 e. The van der Waals surface area contributed by atoms with Crippen molar-refractivity contribution in [2.24, 2.45) is 0 Å². The summed E-state index contributed by atoms with van der Waals surface area (Å²) in [4.78, 5) is 22.8. The minimum Gasteiger partial charge on any atom is -0.463 e. The average molecular weight is 440 g/mol. The van der Waals surface area contributed by atoms with Gasteiger partial charge in [0.15, 0.2) is 22.3 Å². The Morgan fingerprint density at radius 1 is 1.03 bits per heavy atom. The van der Waals surface area contributed by atoms with Gasteiger partial charge in [0.25, 0.3) is 0 Å². The van der Waals surface area contributed by atoms with Gasteiger partial charge in [-0.1, -0.05) is 11.8 Å². The predicted octanol–water partition coefficient (Wildman–Crippen LogP) is 4.46. The maximum Gasteiger partial charge on any atom is 0.236 e. The minimum absolute atomic E-state index is 0.149. The van der Waals surface area contributed by atoms with E-state index in [9.17, 15) is 4.79 Å². The topological polar surface area (TPSA) is 107 Å². The number of carbonyl (C=O) groups excluding carboxylic acids is 1. The van der Waals surface area contributed by atoms with Gasteiger partial charge in [-0.3, -0.25) is 4.79 Å². The molecule has 0 saturated carbocycles. The summed E-state index contributed by atoms with van der Waals surface area (Å²) in [6.07, 6.45) is 7.52. The summed E-state index contributed by atoms with van der Waals surface area (Å²) in [6.45, 7) is 0. The van der Waals surface area contributed by atoms with Gasteiger partial charge in [-0.15, -0.1) is 21.5 Å². The number of thiazole rings is 1. The zero-order valence-corrected chi connectivity index (χ0v) is 17.5. The number of amides is 1. The number of aryl methyl sites for hydroxylation is 2. The summed E-state index contributed by atoms with van der Waals surface area (Å²) in [7, 11) is 0. The van der Waals surface area contributed by atoms with Gasteiger partial charge in [-0.05, 0) is 49.9 Å². The highest BCUT2D eigenvalue weighted by atomic mass is 32.2. The van der Waals surface area contributed by atoms with Crippen LogP contribution in [0.2, 0.25) is 0 Å². The van der Waals surface area contributed by atoms with Crippen LogP contribution in [0.25, 0.3) is 22.9 Å². The fourth-order valence-electron chi connectivity index (χ4n) is 3.23. The third kappa shape index (κ3) is 4.01. The van der Waals surface area contributed by atoms with Crippen molar-refractivity contribution in [3.63, 3.8) is 0 Å². The van der Waals surface area contributed by atoms with E-state index in [4.69, 9.17) is 8.83 Å². The maximum absolute atomic E-state index is 12.4. The van der Waals surface area contributed by atoms with Crippen LogP contribution in [0.3, 0.4) is 0 Å². The normalized spacial score (nSPS) is 13.2. The number of thioether (sulfide) groups is 1. The summed E-state index contributed by atoms with van der Waals surface area (Å²) in [5.74, 6) is 1.10. The molecule has 10 heteroatoms. The van der Waals surface area contributed by atoms with Crippen LogP contribution in [0, 0.1) is 0 Å². The fraction of sp³-hybridized carbons (Fsp3) is 0.250. The maximum atomic E-state index is 12.4. The molecule has 152 valence electrons. The van der Waals surface area contributed by atoms with Crippen molar-refractivity contribution in [2.75, 3.05) is 11.1 Å². The third-order valence-electron chi connectivity index (χ3n) is 4.60. The molecule has 8 nitrogen and oxygen atoms in total. The lowest BCUT2D eigenvalue weighted by Crippen LogP contribution is -2.14. The summed E-state index contributed by atoms with van der Waals surface area (Å²) >= 11 is 2.78. The Morgan fingerprint density at radius 2 is 1.80 bits per heavy atom. The van der Waals surface area contributed by atoms with Gasteiger partial charge in [0, 0.05) is 4.88 Å². The average Bonchev–Trinajstić information content (AvgIpc) is 3.53. The molecule has 4 aromatic rings. The van der Waals surface area contributed by atoms with Crippen LogP contribution >= 0.6 is 23.1 Å². The molecule has 5 rings (SSSR count). The largest absolute Gasteiger partial charge is 0.463 e. The predicted molar refractivity (Wildman–Crippen MR) is 113 cm³/mol. The number of fused-ring (bicyclic) bond motifs is 1. The van der Waals surface area contributed by atoms with E-state index in [1.165, 1.54) is 23.1 Å². The van der Waals surface area contributed by atoms with E-state index in [2.05, 4.69) is 25.5 Å². The van der Waals surface area contributed by atoms with Crippen molar-refractivity contribution in [3.8, 4) is 22.9 Å². The number of anilines is 1. The molecule has 0 aliphatic heterocycles. The first-order chi connectivity index (χ1) is 14.8. The van der Waals surface area contributed by atoms with Gasteiger partial charge >= 0.3 is 0 Å². The Bertz CT molecular complexity index is 1130. The van der Waals surface area contributed by atoms with Crippen LogP contribution < -0.4 is 5.32 Å². The SMILES string of the molecule is O=C(CSc1nnc(-c2ccco2)c(-c2ccco2)n1)Nc1nc2c(s1)CCCC2. The number of aromatic nitrogens is 4. The molecule has 1 amide bonds. The van der Waals surface area contributed by atoms with Gasteiger partial charge < -0.3 is 14.2 Å². The first-order valence-electron chi connectivity index (χ1n) is 9.50. The van der Waals surface area contributed by atoms with Crippen LogP contribution in [-0.4, -0.2) is 31.8 Å². The lowest BCUT2D eigenvalue weighted by atomic mass is 10.0. The second kappa shape index (κ2) is 8.41. The van der Waals surface area contributed by atoms with Crippen molar-refractivity contribution >= 4 is 34.1 Å². The number of carbonyl (C=O) groups is 1. The number of nitrogens with zero attached hydrogens (tertiary/aromatic N) is 4. The molecular formula is C20H17N5O3S2. The van der Waals surface area contributed by atoms with Crippen LogP contribution in [-0.2, 0) is 17.6 Å². The number of furan rings is 2. The van der Waals surface area contributed by atoms with Crippen LogP contribution in [0.4, 0.5) is 5.13 Å². The first-order valence-corrected chi connectivity index (χ1v) is 11.3. The highest BCUT2D eigenvalue weighted by molar-refractivity contribution is 7.99. The van der Waals surface area contributed by atoms with E-state index in [0.29, 0.717) is 33.2 Å². The van der Waals surface area contributed by atoms with E-state index in [1.807, 2.05) is 0 Å². The van der Waals surface area contributed by atoms with Gasteiger partial charge in [0.05, 0.1) is 24.0 Å². The molecule has 4 heterocycles. The second-order valence-electron chi connectivity index (χ2n) is 6.68. The zero-order valence-electron chi connectivity index (χ0n) is 15.8. The number of nitrogens with one attached hydrogen (secondary N) is 1. The lowest BCUT2D eigenvalue weighted by Gasteiger charge is -2.06. The van der Waals surface area contributed by atoms with E-state index >= 15 is 0 Å². The third-order valence-corrected chi connectivity index (χ3v) is 6.51. The minimum atomic E-state index is -0.149. The van der Waals surface area contributed by atoms with E-state index in [1.54, 1.807) is 48.1 Å². The van der Waals surface area contributed by atoms with Crippen molar-refractivity contribution < 1.29 is 13.6 Å². The molecule has 30 heavy (non-hydrogen) atoms. The standard InChI is InChI=1S/C20H17N5O3S2/c26-16(22-19-21-12-5-1-2-8-15(12)30-19)11-29-20-23-17(13-6-3-9-27-13)18(24-25-20)14-7-4-10-28-14/h3-4,6-7,9-10H,1-2,5,8,11H2,(H,21,22,26). The molecule has 0 aromatic carbocycles. The number of hydrogen-bond acceptors (Lipinski definition) is 9. The molecule has 1 aliphatic rings. The van der Waals surface area contributed by atoms with Crippen molar-refractivity contribution in [2.45, 2.75) is 30.8 Å². The summed E-state index contributed by atoms with van der Waals surface area (Å²) < 4.78 is 10.9. The molecule has 0 saturated heterocycles. The summed E-state index contributed by atoms with van der Waals surface area (Å²) in [6, 6.07) is 7.12. The molecule has 1 N–H and O–H groups in total. The molecule has 0 unspecified atom stereocenters. The van der Waals surface area contributed by atoms with Crippen molar-refractivity contribution in [1.82, 2.24) is 20.2 Å². The Labute approximate surface area is 180 Å². The highest BCUT2D eigenvalue weighted by Crippen LogP contribution is 2.31. The number of hydrogen-bond donors (Lipinski definition) is 1. The van der Waals surface area contributed by atoms with Crippen molar-refractivity contribution in [3.05, 3.63) is 47.4 Å². The molecule has 4 aromatic heterocycles. The summed E-state index contributed by atoms with van der Waals surface area (Å²) in [5.41, 5.74) is 2.12. The first kappa shape index (κ1) is 19.0. The molecule has 0 bridgehead atoms. The van der Waals surface area contributed by atoms with Gasteiger partial charge in [0.1, 0.15) is 5.69 Å². The quantitative estimate of drug-likeness (QED) is 0.439. The van der Waals surface area contributed by atoms with Gasteiger partial charge in [-0.25, -0.2) is 9.97 Å². The molecular weight excluding hydrogens is 422 g/mol. The molecule has 0 fully saturated rings. The van der Waals surface area contributed by atoms with E-state index in [0.717, 1.165) is 25.0 Å². The number of rotatable bonds is 6. The van der Waals surface area contributed by atoms with E-state index in [-0.39, 0.29) is 11.7 Å². The highest BCUT2D eigenvalue weighted by Gasteiger charge is 2.19. The Kier molecular flexibility index (Phi) is 5.33. The summed E-state index contributed by atoms with van der Waals surface area (Å²) in [5, 5.41) is 12.3. The van der Waals surface area contributed by atoms with Gasteiger partial charge in [-0.2, -0.15) is 0 Å². The van der Waals surface area contributed by atoms with Crippen LogP contribution in [0.5, 0.6) is 0 Å². The lowest BCUT2D eigenvalue weighted by molar-refractivity contribution is -0.113. The Balaban J connectivity index is 1.29. The van der Waals surface area contributed by atoms with Gasteiger partial charge in [0.2, 0.25) is 11.1 Å². The fourth-order valence-corrected chi connectivity index (χ4v) is 4.88. The molecule has 1 aliphatic carbocycles. The van der Waals surface area contributed by atoms with Crippen molar-refractivity contribution in [1.29, 1.82) is 0 Å². The monoisotopic (exact) mass is 439 g/mol. The molecule has 0 atom stereocenters. The second-order valence-corrected chi connectivity index (χ2v) is 8.71. The Morgan fingerprint density at radius 3 is 2.53 bits per heavy atom. The van der Waals surface area contributed by atoms with Crippen LogP contribution in [0.1, 0.15) is 23.4 Å². The van der Waals surface area contributed by atoms with E-state index < -0.39 is 0 Å². The zero-order chi connectivity index (χ0) is 20.3.